The number of carbonyl (C=O) groups is 1. The van der Waals surface area contributed by atoms with Crippen LogP contribution in [0.3, 0.4) is 0 Å². The van der Waals surface area contributed by atoms with Crippen LogP contribution in [-0.2, 0) is 9.53 Å². The summed E-state index contributed by atoms with van der Waals surface area (Å²) >= 11 is 0. The number of hydrogen-bond donors (Lipinski definition) is 2. The van der Waals surface area contributed by atoms with Crippen molar-refractivity contribution in [2.45, 2.75) is 44.9 Å². The molecule has 1 aliphatic carbocycles. The molecule has 5 nitrogen and oxygen atoms in total. The molecule has 0 radical (unpaired) electrons. The van der Waals surface area contributed by atoms with Crippen LogP contribution in [0.25, 0.3) is 0 Å². The van der Waals surface area contributed by atoms with Crippen LogP contribution >= 0.6 is 0 Å². The molecule has 3 N–H and O–H groups in total. The highest BCUT2D eigenvalue weighted by Crippen LogP contribution is 2.38. The Labute approximate surface area is 129 Å². The monoisotopic (exact) mass is 299 g/mol. The number of likely N-dealkylation sites (N-methyl/N-ethyl adjacent to an activating group) is 1. The summed E-state index contributed by atoms with van der Waals surface area (Å²) in [5.41, 5.74) is 5.99. The second-order valence-electron chi connectivity index (χ2n) is 6.44. The first-order chi connectivity index (χ1) is 10.1. The average molecular weight is 299 g/mol. The third kappa shape index (κ3) is 7.25. The normalized spacial score (nSPS) is 17.9. The van der Waals surface area contributed by atoms with Crippen molar-refractivity contribution in [2.24, 2.45) is 11.1 Å². The molecule has 0 spiro atoms. The fourth-order valence-electron chi connectivity index (χ4n) is 3.13. The third-order valence-electron chi connectivity index (χ3n) is 4.59. The lowest BCUT2D eigenvalue weighted by molar-refractivity contribution is -0.123. The van der Waals surface area contributed by atoms with Crippen LogP contribution in [0.1, 0.15) is 44.9 Å². The molecule has 0 atom stereocenters. The molecular weight excluding hydrogens is 266 g/mol. The van der Waals surface area contributed by atoms with Crippen molar-refractivity contribution in [1.29, 1.82) is 0 Å². The van der Waals surface area contributed by atoms with E-state index in [1.165, 1.54) is 19.3 Å². The summed E-state index contributed by atoms with van der Waals surface area (Å²) in [6.07, 6.45) is 7.55. The molecular formula is C16H33N3O2. The summed E-state index contributed by atoms with van der Waals surface area (Å²) in [5, 5.41) is 3.04. The molecule has 0 aromatic heterocycles. The van der Waals surface area contributed by atoms with Gasteiger partial charge in [-0.2, -0.15) is 0 Å². The molecule has 1 rings (SSSR count). The highest BCUT2D eigenvalue weighted by atomic mass is 16.5. The Kier molecular flexibility index (Phi) is 8.88. The van der Waals surface area contributed by atoms with Crippen LogP contribution in [0.2, 0.25) is 0 Å². The van der Waals surface area contributed by atoms with Gasteiger partial charge in [0.2, 0.25) is 5.91 Å². The molecule has 124 valence electrons. The molecule has 0 aromatic carbocycles. The highest BCUT2D eigenvalue weighted by molar-refractivity contribution is 5.76. The van der Waals surface area contributed by atoms with Crippen LogP contribution < -0.4 is 11.1 Å². The minimum Gasteiger partial charge on any atom is -0.385 e. The number of nitrogens with two attached hydrogens (primary N) is 1. The van der Waals surface area contributed by atoms with E-state index < -0.39 is 0 Å². The van der Waals surface area contributed by atoms with E-state index in [0.29, 0.717) is 19.5 Å². The van der Waals surface area contributed by atoms with Crippen LogP contribution in [0.4, 0.5) is 0 Å². The Balaban J connectivity index is 2.18. The summed E-state index contributed by atoms with van der Waals surface area (Å²) in [6, 6.07) is 0. The zero-order chi connectivity index (χ0) is 15.6. The van der Waals surface area contributed by atoms with Crippen molar-refractivity contribution in [2.75, 3.05) is 46.9 Å². The van der Waals surface area contributed by atoms with E-state index in [-0.39, 0.29) is 11.3 Å². The van der Waals surface area contributed by atoms with Crippen LogP contribution in [0.5, 0.6) is 0 Å². The number of amides is 1. The SMILES string of the molecule is COCCCN(C)CCNC(=O)CC1(CN)CCCCC1. The van der Waals surface area contributed by atoms with Crippen LogP contribution in [0, 0.1) is 5.41 Å². The summed E-state index contributed by atoms with van der Waals surface area (Å²) in [6.45, 7) is 4.01. The van der Waals surface area contributed by atoms with Crippen molar-refractivity contribution >= 4 is 5.91 Å². The molecule has 0 aliphatic heterocycles. The van der Waals surface area contributed by atoms with Gasteiger partial charge < -0.3 is 20.7 Å². The topological polar surface area (TPSA) is 67.6 Å². The molecule has 5 heteroatoms. The predicted molar refractivity (Wildman–Crippen MR) is 86.2 cm³/mol. The first-order valence-corrected chi connectivity index (χ1v) is 8.26. The van der Waals surface area contributed by atoms with E-state index in [1.807, 2.05) is 0 Å². The number of nitrogens with one attached hydrogen (secondary N) is 1. The first-order valence-electron chi connectivity index (χ1n) is 8.26. The van der Waals surface area contributed by atoms with Gasteiger partial charge in [-0.05, 0) is 38.3 Å². The number of nitrogens with zero attached hydrogens (tertiary/aromatic N) is 1. The fourth-order valence-corrected chi connectivity index (χ4v) is 3.13. The quantitative estimate of drug-likeness (QED) is 0.598. The largest absolute Gasteiger partial charge is 0.385 e. The second-order valence-corrected chi connectivity index (χ2v) is 6.44. The van der Waals surface area contributed by atoms with E-state index in [1.54, 1.807) is 7.11 Å². The number of ether oxygens (including phenoxy) is 1. The lowest BCUT2D eigenvalue weighted by Crippen LogP contribution is -2.40. The highest BCUT2D eigenvalue weighted by Gasteiger charge is 2.32. The minimum atomic E-state index is 0.0622. The van der Waals surface area contributed by atoms with E-state index in [9.17, 15) is 4.79 Å². The van der Waals surface area contributed by atoms with Gasteiger partial charge in [0.25, 0.3) is 0 Å². The Morgan fingerprint density at radius 1 is 1.29 bits per heavy atom. The molecule has 0 bridgehead atoms. The van der Waals surface area contributed by atoms with Gasteiger partial charge in [0.15, 0.2) is 0 Å². The average Bonchev–Trinajstić information content (AvgIpc) is 2.48. The van der Waals surface area contributed by atoms with Crippen molar-refractivity contribution < 1.29 is 9.53 Å². The Bertz CT molecular complexity index is 291. The Hall–Kier alpha value is -0.650. The van der Waals surface area contributed by atoms with Gasteiger partial charge in [0.1, 0.15) is 0 Å². The zero-order valence-corrected chi connectivity index (χ0v) is 13.8. The van der Waals surface area contributed by atoms with Crippen LogP contribution in [0.15, 0.2) is 0 Å². The maximum absolute atomic E-state index is 12.1. The van der Waals surface area contributed by atoms with Gasteiger partial charge in [0, 0.05) is 39.8 Å². The van der Waals surface area contributed by atoms with Gasteiger partial charge in [-0.25, -0.2) is 0 Å². The van der Waals surface area contributed by atoms with Crippen LogP contribution in [-0.4, -0.2) is 57.8 Å². The lowest BCUT2D eigenvalue weighted by Gasteiger charge is -2.35. The minimum absolute atomic E-state index is 0.0622. The van der Waals surface area contributed by atoms with E-state index in [4.69, 9.17) is 10.5 Å². The Morgan fingerprint density at radius 2 is 2.00 bits per heavy atom. The first kappa shape index (κ1) is 18.4. The van der Waals surface area contributed by atoms with Gasteiger partial charge in [-0.1, -0.05) is 19.3 Å². The van der Waals surface area contributed by atoms with Gasteiger partial charge >= 0.3 is 0 Å². The second kappa shape index (κ2) is 10.1. The summed E-state index contributed by atoms with van der Waals surface area (Å²) < 4.78 is 5.03. The number of carbonyl (C=O) groups excluding carboxylic acids is 1. The van der Waals surface area contributed by atoms with Crippen molar-refractivity contribution in [1.82, 2.24) is 10.2 Å². The summed E-state index contributed by atoms with van der Waals surface area (Å²) in [4.78, 5) is 14.3. The molecule has 21 heavy (non-hydrogen) atoms. The fraction of sp³-hybridized carbons (Fsp3) is 0.938. The van der Waals surface area contributed by atoms with E-state index in [0.717, 1.165) is 39.0 Å². The molecule has 0 unspecified atom stereocenters. The number of methoxy groups -OCH3 is 1. The molecule has 0 saturated heterocycles. The maximum atomic E-state index is 12.1. The third-order valence-corrected chi connectivity index (χ3v) is 4.59. The smallest absolute Gasteiger partial charge is 0.220 e. The number of hydrogen-bond acceptors (Lipinski definition) is 4. The molecule has 0 aromatic rings. The van der Waals surface area contributed by atoms with Crippen molar-refractivity contribution in [3.63, 3.8) is 0 Å². The lowest BCUT2D eigenvalue weighted by atomic mass is 9.71. The molecule has 1 aliphatic rings. The van der Waals surface area contributed by atoms with Crippen molar-refractivity contribution in [3.8, 4) is 0 Å². The molecule has 0 heterocycles. The zero-order valence-electron chi connectivity index (χ0n) is 13.8. The molecule has 1 saturated carbocycles. The van der Waals surface area contributed by atoms with Crippen molar-refractivity contribution in [3.05, 3.63) is 0 Å². The maximum Gasteiger partial charge on any atom is 0.220 e. The molecule has 1 fully saturated rings. The number of rotatable bonds is 10. The van der Waals surface area contributed by atoms with Gasteiger partial charge in [-0.3, -0.25) is 4.79 Å². The standard InChI is InChI=1S/C16H33N3O2/c1-19(10-6-12-21-2)11-9-18-15(20)13-16(14-17)7-4-3-5-8-16/h3-14,17H2,1-2H3,(H,18,20). The predicted octanol–water partition coefficient (Wildman–Crippen LogP) is 1.37. The summed E-state index contributed by atoms with van der Waals surface area (Å²) in [7, 11) is 3.79. The Morgan fingerprint density at radius 3 is 2.62 bits per heavy atom. The van der Waals surface area contributed by atoms with E-state index in [2.05, 4.69) is 17.3 Å². The summed E-state index contributed by atoms with van der Waals surface area (Å²) in [5.74, 6) is 0.160. The van der Waals surface area contributed by atoms with E-state index >= 15 is 0 Å². The molecule has 1 amide bonds. The van der Waals surface area contributed by atoms with Gasteiger partial charge in [-0.15, -0.1) is 0 Å². The van der Waals surface area contributed by atoms with Gasteiger partial charge in [0.05, 0.1) is 0 Å².